The standard InChI is InChI=1S/C31H32N4O5/c36-20-26(29(37)24-14-8-3-9-15-24)35-21-32-27(28(35)23-12-6-2-7-13-23)30(38)34-17-16-33(31(39)40)19-25(34)18-22-10-4-1-5-11-22/h1-15,21,25-26,29,36-37H,16-20H2,(H,39,40)/t25-,26+,29+/m1/s1. The fourth-order valence-corrected chi connectivity index (χ4v) is 5.36. The number of hydrogen-bond donors (Lipinski definition) is 3. The van der Waals surface area contributed by atoms with Gasteiger partial charge < -0.3 is 29.7 Å². The summed E-state index contributed by atoms with van der Waals surface area (Å²) in [5.41, 5.74) is 3.02. The Bertz CT molecular complexity index is 1430. The molecule has 1 fully saturated rings. The van der Waals surface area contributed by atoms with E-state index in [4.69, 9.17) is 0 Å². The highest BCUT2D eigenvalue weighted by atomic mass is 16.4. The molecule has 3 N–H and O–H groups in total. The summed E-state index contributed by atoms with van der Waals surface area (Å²) in [4.78, 5) is 33.6. The third-order valence-electron chi connectivity index (χ3n) is 7.42. The van der Waals surface area contributed by atoms with Crippen LogP contribution in [0, 0.1) is 0 Å². The molecule has 3 atom stereocenters. The molecular formula is C31H32N4O5. The van der Waals surface area contributed by atoms with Gasteiger partial charge in [-0.15, -0.1) is 0 Å². The molecule has 1 saturated heterocycles. The van der Waals surface area contributed by atoms with Crippen LogP contribution in [0.3, 0.4) is 0 Å². The molecule has 0 unspecified atom stereocenters. The monoisotopic (exact) mass is 540 g/mol. The highest BCUT2D eigenvalue weighted by Gasteiger charge is 2.36. The predicted molar refractivity (Wildman–Crippen MR) is 150 cm³/mol. The Morgan fingerprint density at radius 3 is 2.15 bits per heavy atom. The van der Waals surface area contributed by atoms with Crippen molar-refractivity contribution >= 4 is 12.0 Å². The minimum atomic E-state index is -1.05. The first-order valence-corrected chi connectivity index (χ1v) is 13.3. The summed E-state index contributed by atoms with van der Waals surface area (Å²) in [6.45, 7) is 0.219. The van der Waals surface area contributed by atoms with Gasteiger partial charge in [0.15, 0.2) is 5.69 Å². The van der Waals surface area contributed by atoms with Crippen molar-refractivity contribution in [2.75, 3.05) is 26.2 Å². The largest absolute Gasteiger partial charge is 0.465 e. The molecule has 0 spiro atoms. The van der Waals surface area contributed by atoms with E-state index in [1.807, 2.05) is 78.9 Å². The van der Waals surface area contributed by atoms with Crippen molar-refractivity contribution in [1.82, 2.24) is 19.4 Å². The van der Waals surface area contributed by atoms with Gasteiger partial charge in [0.1, 0.15) is 6.10 Å². The second-order valence-electron chi connectivity index (χ2n) is 9.89. The molecule has 0 radical (unpaired) electrons. The normalized spacial score (nSPS) is 16.9. The van der Waals surface area contributed by atoms with Crippen molar-refractivity contribution < 1.29 is 24.9 Å². The lowest BCUT2D eigenvalue weighted by Crippen LogP contribution is -2.57. The Labute approximate surface area is 232 Å². The van der Waals surface area contributed by atoms with E-state index < -0.39 is 24.3 Å². The summed E-state index contributed by atoms with van der Waals surface area (Å²) >= 11 is 0. The number of aliphatic hydroxyl groups excluding tert-OH is 2. The van der Waals surface area contributed by atoms with Gasteiger partial charge in [-0.3, -0.25) is 4.79 Å². The van der Waals surface area contributed by atoms with Crippen molar-refractivity contribution in [3.05, 3.63) is 114 Å². The summed E-state index contributed by atoms with van der Waals surface area (Å²) in [6.07, 6.45) is -0.0812. The van der Waals surface area contributed by atoms with E-state index in [1.54, 1.807) is 21.6 Å². The van der Waals surface area contributed by atoms with E-state index in [1.165, 1.54) is 11.2 Å². The minimum Gasteiger partial charge on any atom is -0.465 e. The van der Waals surface area contributed by atoms with Crippen molar-refractivity contribution in [2.45, 2.75) is 24.6 Å². The number of carboxylic acid groups (broad SMARTS) is 1. The summed E-state index contributed by atoms with van der Waals surface area (Å²) < 4.78 is 1.67. The second kappa shape index (κ2) is 12.1. The number of carbonyl (C=O) groups excluding carboxylic acids is 1. The molecule has 1 aliphatic heterocycles. The topological polar surface area (TPSA) is 119 Å². The van der Waals surface area contributed by atoms with Crippen molar-refractivity contribution in [3.8, 4) is 11.3 Å². The van der Waals surface area contributed by atoms with Crippen molar-refractivity contribution in [1.29, 1.82) is 0 Å². The zero-order valence-electron chi connectivity index (χ0n) is 22.0. The van der Waals surface area contributed by atoms with Crippen LogP contribution < -0.4 is 0 Å². The molecule has 206 valence electrons. The van der Waals surface area contributed by atoms with Crippen molar-refractivity contribution in [3.63, 3.8) is 0 Å². The molecule has 9 nitrogen and oxygen atoms in total. The fraction of sp³-hybridized carbons (Fsp3) is 0.258. The fourth-order valence-electron chi connectivity index (χ4n) is 5.36. The van der Waals surface area contributed by atoms with E-state index in [0.717, 1.165) is 5.56 Å². The number of carbonyl (C=O) groups is 2. The van der Waals surface area contributed by atoms with Crippen LogP contribution >= 0.6 is 0 Å². The number of rotatable bonds is 8. The van der Waals surface area contributed by atoms with Gasteiger partial charge in [-0.2, -0.15) is 0 Å². The van der Waals surface area contributed by atoms with Gasteiger partial charge in [0.2, 0.25) is 0 Å². The molecule has 9 heteroatoms. The average Bonchev–Trinajstić information content (AvgIpc) is 3.43. The first kappa shape index (κ1) is 27.1. The first-order chi connectivity index (χ1) is 19.5. The van der Waals surface area contributed by atoms with E-state index in [-0.39, 0.29) is 37.8 Å². The molecule has 2 amide bonds. The molecular weight excluding hydrogens is 508 g/mol. The number of piperazine rings is 1. The molecule has 1 aromatic heterocycles. The van der Waals surface area contributed by atoms with Crippen LogP contribution in [0.25, 0.3) is 11.3 Å². The number of imidazole rings is 1. The Morgan fingerprint density at radius 2 is 1.52 bits per heavy atom. The second-order valence-corrected chi connectivity index (χ2v) is 9.89. The number of hydrogen-bond acceptors (Lipinski definition) is 5. The van der Waals surface area contributed by atoms with E-state index in [2.05, 4.69) is 4.98 Å². The summed E-state index contributed by atoms with van der Waals surface area (Å²) in [6, 6.07) is 26.8. The lowest BCUT2D eigenvalue weighted by atomic mass is 10.00. The maximum Gasteiger partial charge on any atom is 0.407 e. The van der Waals surface area contributed by atoms with Crippen LogP contribution in [0.2, 0.25) is 0 Å². The van der Waals surface area contributed by atoms with E-state index in [9.17, 15) is 24.9 Å². The quantitative estimate of drug-likeness (QED) is 0.312. The molecule has 4 aromatic rings. The average molecular weight is 541 g/mol. The zero-order chi connectivity index (χ0) is 28.1. The Hall–Kier alpha value is -4.47. The van der Waals surface area contributed by atoms with Crippen molar-refractivity contribution in [2.24, 2.45) is 0 Å². The third kappa shape index (κ3) is 5.61. The highest BCUT2D eigenvalue weighted by molar-refractivity contribution is 5.98. The first-order valence-electron chi connectivity index (χ1n) is 13.3. The van der Waals surface area contributed by atoms with Gasteiger partial charge >= 0.3 is 6.09 Å². The van der Waals surface area contributed by atoms with E-state index in [0.29, 0.717) is 23.2 Å². The molecule has 2 heterocycles. The molecule has 40 heavy (non-hydrogen) atoms. The maximum atomic E-state index is 14.2. The smallest absolute Gasteiger partial charge is 0.407 e. The molecule has 0 bridgehead atoms. The number of nitrogens with zero attached hydrogens (tertiary/aromatic N) is 4. The Kier molecular flexibility index (Phi) is 8.23. The van der Waals surface area contributed by atoms with Crippen LogP contribution in [-0.4, -0.2) is 79.0 Å². The van der Waals surface area contributed by atoms with Crippen LogP contribution in [0.1, 0.15) is 33.8 Å². The van der Waals surface area contributed by atoms with Crippen LogP contribution in [0.4, 0.5) is 4.79 Å². The molecule has 5 rings (SSSR count). The van der Waals surface area contributed by atoms with Gasteiger partial charge in [-0.25, -0.2) is 9.78 Å². The van der Waals surface area contributed by atoms with Gasteiger partial charge in [0.05, 0.1) is 30.7 Å². The molecule has 0 saturated carbocycles. The predicted octanol–water partition coefficient (Wildman–Crippen LogP) is 3.86. The van der Waals surface area contributed by atoms with E-state index >= 15 is 0 Å². The molecule has 3 aromatic carbocycles. The highest BCUT2D eigenvalue weighted by Crippen LogP contribution is 2.34. The number of benzene rings is 3. The van der Waals surface area contributed by atoms with Gasteiger partial charge in [0, 0.05) is 25.2 Å². The minimum absolute atomic E-state index is 0.184. The molecule has 1 aliphatic rings. The number of aromatic nitrogens is 2. The van der Waals surface area contributed by atoms with Gasteiger partial charge in [-0.1, -0.05) is 91.0 Å². The SMILES string of the molecule is O=C(O)N1CCN(C(=O)c2ncn([C@@H](CO)[C@@H](O)c3ccccc3)c2-c2ccccc2)[C@H](Cc2ccccc2)C1. The van der Waals surface area contributed by atoms with Crippen LogP contribution in [-0.2, 0) is 6.42 Å². The Morgan fingerprint density at radius 1 is 0.900 bits per heavy atom. The molecule has 0 aliphatic carbocycles. The number of aliphatic hydroxyl groups is 2. The number of amides is 2. The summed E-state index contributed by atoms with van der Waals surface area (Å²) in [7, 11) is 0. The lowest BCUT2D eigenvalue weighted by molar-refractivity contribution is 0.0446. The van der Waals surface area contributed by atoms with Crippen LogP contribution in [0.5, 0.6) is 0 Å². The Balaban J connectivity index is 1.54. The van der Waals surface area contributed by atoms with Gasteiger partial charge in [-0.05, 0) is 17.5 Å². The summed E-state index contributed by atoms with van der Waals surface area (Å²) in [5, 5.41) is 31.3. The zero-order valence-corrected chi connectivity index (χ0v) is 22.0. The summed E-state index contributed by atoms with van der Waals surface area (Å²) in [5.74, 6) is -0.325. The lowest BCUT2D eigenvalue weighted by Gasteiger charge is -2.40. The maximum absolute atomic E-state index is 14.2. The van der Waals surface area contributed by atoms with Crippen LogP contribution in [0.15, 0.2) is 97.3 Å². The van der Waals surface area contributed by atoms with Gasteiger partial charge in [0.25, 0.3) is 5.91 Å². The third-order valence-corrected chi connectivity index (χ3v) is 7.42.